The first kappa shape index (κ1) is 30.8. The summed E-state index contributed by atoms with van der Waals surface area (Å²) in [5.41, 5.74) is 3.43. The molecule has 0 bridgehead atoms. The number of methoxy groups -OCH3 is 1. The first-order chi connectivity index (χ1) is 21.4. The summed E-state index contributed by atoms with van der Waals surface area (Å²) in [4.78, 5) is 37.8. The number of esters is 1. The third-order valence-corrected chi connectivity index (χ3v) is 8.16. The van der Waals surface area contributed by atoms with Gasteiger partial charge in [-0.2, -0.15) is 9.78 Å². The van der Waals surface area contributed by atoms with E-state index in [1.54, 1.807) is 54.6 Å². The molecule has 0 aliphatic heterocycles. The summed E-state index contributed by atoms with van der Waals surface area (Å²) in [6.07, 6.45) is 12.4. The second kappa shape index (κ2) is 14.7. The highest BCUT2D eigenvalue weighted by Gasteiger charge is 2.21. The molecule has 2 N–H and O–H groups in total. The number of nitrogens with zero attached hydrogens (tertiary/aromatic N) is 5. The average Bonchev–Trinajstić information content (AvgIpc) is 3.58. The highest BCUT2D eigenvalue weighted by molar-refractivity contribution is 6.30. The van der Waals surface area contributed by atoms with Gasteiger partial charge in [-0.1, -0.05) is 68.0 Å². The second-order valence-electron chi connectivity index (χ2n) is 10.9. The maximum absolute atomic E-state index is 13.3. The van der Waals surface area contributed by atoms with E-state index in [0.717, 1.165) is 12.0 Å². The Balaban J connectivity index is 1.38. The SMILES string of the molecule is COC(=O)Cc1ccc(-c2cc([C@H](CCC3CCCCC3)NC(=O)/C=C/c3cc(Cl)ccc3-n3cnnn3)n[nH]c2=O)cc1. The van der Waals surface area contributed by atoms with Crippen LogP contribution in [0, 0.1) is 5.92 Å². The molecule has 1 amide bonds. The van der Waals surface area contributed by atoms with E-state index in [4.69, 9.17) is 16.3 Å². The zero-order valence-corrected chi connectivity index (χ0v) is 25.2. The van der Waals surface area contributed by atoms with Gasteiger partial charge in [0.05, 0.1) is 36.5 Å². The van der Waals surface area contributed by atoms with Crippen molar-refractivity contribution in [2.75, 3.05) is 7.11 Å². The summed E-state index contributed by atoms with van der Waals surface area (Å²) < 4.78 is 6.24. The summed E-state index contributed by atoms with van der Waals surface area (Å²) in [6.45, 7) is 0. The number of tetrazole rings is 1. The lowest BCUT2D eigenvalue weighted by atomic mass is 9.85. The Labute approximate surface area is 259 Å². The number of hydrogen-bond donors (Lipinski definition) is 2. The summed E-state index contributed by atoms with van der Waals surface area (Å²) in [6, 6.07) is 13.7. The van der Waals surface area contributed by atoms with Crippen molar-refractivity contribution in [3.63, 3.8) is 0 Å². The van der Waals surface area contributed by atoms with E-state index in [9.17, 15) is 14.4 Å². The van der Waals surface area contributed by atoms with Crippen LogP contribution in [0.25, 0.3) is 22.9 Å². The van der Waals surface area contributed by atoms with Gasteiger partial charge in [-0.3, -0.25) is 14.4 Å². The summed E-state index contributed by atoms with van der Waals surface area (Å²) in [5, 5.41) is 21.9. The molecule has 0 radical (unpaired) electrons. The van der Waals surface area contributed by atoms with Gasteiger partial charge in [-0.25, -0.2) is 5.10 Å². The molecule has 228 valence electrons. The molecule has 5 rings (SSSR count). The zero-order chi connectivity index (χ0) is 30.9. The van der Waals surface area contributed by atoms with Crippen molar-refractivity contribution in [1.29, 1.82) is 0 Å². The van der Waals surface area contributed by atoms with E-state index in [1.165, 1.54) is 56.3 Å². The summed E-state index contributed by atoms with van der Waals surface area (Å²) in [5.74, 6) is -0.0639. The quantitative estimate of drug-likeness (QED) is 0.177. The maximum atomic E-state index is 13.3. The number of carbonyl (C=O) groups is 2. The Bertz CT molecular complexity index is 1660. The molecule has 0 saturated heterocycles. The van der Waals surface area contributed by atoms with E-state index >= 15 is 0 Å². The molecule has 1 atom stereocenters. The lowest BCUT2D eigenvalue weighted by molar-refractivity contribution is -0.139. The van der Waals surface area contributed by atoms with Gasteiger partial charge in [0.15, 0.2) is 0 Å². The molecule has 1 aliphatic rings. The van der Waals surface area contributed by atoms with Gasteiger partial charge < -0.3 is 10.1 Å². The van der Waals surface area contributed by atoms with Crippen LogP contribution in [0.4, 0.5) is 0 Å². The van der Waals surface area contributed by atoms with Gasteiger partial charge in [0.25, 0.3) is 5.56 Å². The molecular formula is C32H34ClN7O4. The molecule has 0 spiro atoms. The maximum Gasteiger partial charge on any atom is 0.309 e. The standard InChI is InChI=1S/C32H34ClN7O4/c1-44-31(42)17-22-7-10-23(11-8-22)26-19-28(36-37-32(26)43)27(14-9-21-5-3-2-4-6-21)35-30(41)16-12-24-18-25(33)13-15-29(24)40-20-34-38-39-40/h7-8,10-13,15-16,18-21,27H,2-6,9,14,17H2,1H3,(H,35,41)(H,37,43)/b16-12+/t27-/m0/s1. The third-order valence-electron chi connectivity index (χ3n) is 7.93. The fraction of sp³-hybridized carbons (Fsp3) is 0.344. The minimum atomic E-state index is -0.429. The van der Waals surface area contributed by atoms with Gasteiger partial charge >= 0.3 is 5.97 Å². The smallest absolute Gasteiger partial charge is 0.309 e. The van der Waals surface area contributed by atoms with Crippen LogP contribution in [0.1, 0.15) is 67.8 Å². The average molecular weight is 616 g/mol. The number of rotatable bonds is 11. The number of ether oxygens (including phenoxy) is 1. The van der Waals surface area contributed by atoms with Crippen LogP contribution in [0.5, 0.6) is 0 Å². The van der Waals surface area contributed by atoms with Crippen LogP contribution < -0.4 is 10.9 Å². The first-order valence-corrected chi connectivity index (χ1v) is 15.0. The predicted molar refractivity (Wildman–Crippen MR) is 166 cm³/mol. The largest absolute Gasteiger partial charge is 0.469 e. The van der Waals surface area contributed by atoms with Gasteiger partial charge in [-0.15, -0.1) is 5.10 Å². The summed E-state index contributed by atoms with van der Waals surface area (Å²) in [7, 11) is 1.35. The molecule has 2 aromatic carbocycles. The highest BCUT2D eigenvalue weighted by Crippen LogP contribution is 2.31. The van der Waals surface area contributed by atoms with Gasteiger partial charge in [-0.05, 0) is 70.7 Å². The fourth-order valence-corrected chi connectivity index (χ4v) is 5.73. The molecular weight excluding hydrogens is 582 g/mol. The monoisotopic (exact) mass is 615 g/mol. The van der Waals surface area contributed by atoms with Crippen molar-refractivity contribution in [3.05, 3.63) is 93.1 Å². The van der Waals surface area contributed by atoms with Crippen LogP contribution in [0.3, 0.4) is 0 Å². The molecule has 2 aromatic heterocycles. The number of carbonyl (C=O) groups excluding carboxylic acids is 2. The lowest BCUT2D eigenvalue weighted by Crippen LogP contribution is -2.29. The van der Waals surface area contributed by atoms with Gasteiger partial charge in [0, 0.05) is 16.7 Å². The minimum absolute atomic E-state index is 0.143. The van der Waals surface area contributed by atoms with Crippen LogP contribution in [0.2, 0.25) is 5.02 Å². The molecule has 44 heavy (non-hydrogen) atoms. The molecule has 11 nitrogen and oxygen atoms in total. The number of hydrogen-bond acceptors (Lipinski definition) is 8. The van der Waals surface area contributed by atoms with Crippen LogP contribution in [-0.2, 0) is 20.7 Å². The summed E-state index contributed by atoms with van der Waals surface area (Å²) >= 11 is 6.24. The van der Waals surface area contributed by atoms with E-state index < -0.39 is 6.04 Å². The predicted octanol–water partition coefficient (Wildman–Crippen LogP) is 5.01. The van der Waals surface area contributed by atoms with Crippen molar-refractivity contribution < 1.29 is 14.3 Å². The molecule has 4 aromatic rings. The van der Waals surface area contributed by atoms with Crippen molar-refractivity contribution in [2.24, 2.45) is 5.92 Å². The number of aromatic amines is 1. The van der Waals surface area contributed by atoms with Crippen molar-refractivity contribution >= 4 is 29.6 Å². The number of amides is 1. The number of halogens is 1. The lowest BCUT2D eigenvalue weighted by Gasteiger charge is -2.24. The molecule has 0 unspecified atom stereocenters. The Morgan fingerprint density at radius 2 is 1.93 bits per heavy atom. The minimum Gasteiger partial charge on any atom is -0.469 e. The fourth-order valence-electron chi connectivity index (χ4n) is 5.55. The number of nitrogens with one attached hydrogen (secondary N) is 2. The molecule has 1 aliphatic carbocycles. The van der Waals surface area contributed by atoms with Crippen molar-refractivity contribution in [3.8, 4) is 16.8 Å². The second-order valence-corrected chi connectivity index (χ2v) is 11.4. The van der Waals surface area contributed by atoms with Crippen molar-refractivity contribution in [2.45, 2.75) is 57.4 Å². The zero-order valence-electron chi connectivity index (χ0n) is 24.4. The normalized spacial score (nSPS) is 14.4. The molecule has 2 heterocycles. The van der Waals surface area contributed by atoms with E-state index in [-0.39, 0.29) is 23.9 Å². The molecule has 12 heteroatoms. The Morgan fingerprint density at radius 1 is 1.14 bits per heavy atom. The Hall–Kier alpha value is -4.64. The molecule has 1 saturated carbocycles. The molecule has 1 fully saturated rings. The van der Waals surface area contributed by atoms with E-state index in [0.29, 0.717) is 45.4 Å². The van der Waals surface area contributed by atoms with E-state index in [2.05, 4.69) is 31.0 Å². The topological polar surface area (TPSA) is 145 Å². The third kappa shape index (κ3) is 8.04. The number of aromatic nitrogens is 6. The first-order valence-electron chi connectivity index (χ1n) is 14.7. The van der Waals surface area contributed by atoms with Crippen molar-refractivity contribution in [1.82, 2.24) is 35.7 Å². The number of H-pyrrole nitrogens is 1. The van der Waals surface area contributed by atoms with Gasteiger partial charge in [0.1, 0.15) is 6.33 Å². The van der Waals surface area contributed by atoms with E-state index in [1.807, 2.05) is 0 Å². The Kier molecular flexibility index (Phi) is 10.3. The highest BCUT2D eigenvalue weighted by atomic mass is 35.5. The van der Waals surface area contributed by atoms with Crippen LogP contribution in [-0.4, -0.2) is 49.4 Å². The van der Waals surface area contributed by atoms with Crippen LogP contribution in [0.15, 0.2) is 65.7 Å². The van der Waals surface area contributed by atoms with Crippen LogP contribution >= 0.6 is 11.6 Å². The Morgan fingerprint density at radius 3 is 2.66 bits per heavy atom. The number of benzene rings is 2. The van der Waals surface area contributed by atoms with Gasteiger partial charge in [0.2, 0.25) is 5.91 Å².